The molecule has 1 unspecified atom stereocenters. The summed E-state index contributed by atoms with van der Waals surface area (Å²) >= 11 is 0. The van der Waals surface area contributed by atoms with E-state index in [0.29, 0.717) is 29.2 Å². The third kappa shape index (κ3) is 4.09. The van der Waals surface area contributed by atoms with Crippen molar-refractivity contribution in [2.24, 2.45) is 5.73 Å². The van der Waals surface area contributed by atoms with Crippen molar-refractivity contribution < 1.29 is 4.74 Å². The third-order valence-electron chi connectivity index (χ3n) is 4.31. The van der Waals surface area contributed by atoms with Crippen molar-refractivity contribution >= 4 is 17.2 Å². The lowest BCUT2D eigenvalue weighted by atomic mass is 10.0. The van der Waals surface area contributed by atoms with Crippen molar-refractivity contribution in [1.29, 1.82) is 5.41 Å². The molecule has 8 nitrogen and oxygen atoms in total. The van der Waals surface area contributed by atoms with Crippen LogP contribution in [0.4, 0.5) is 11.5 Å². The van der Waals surface area contributed by atoms with Crippen LogP contribution >= 0.6 is 0 Å². The second kappa shape index (κ2) is 8.11. The molecule has 1 aromatic carbocycles. The van der Waals surface area contributed by atoms with Crippen molar-refractivity contribution in [2.75, 3.05) is 43.4 Å². The van der Waals surface area contributed by atoms with Gasteiger partial charge in [0.2, 0.25) is 0 Å². The first kappa shape index (κ1) is 18.1. The van der Waals surface area contributed by atoms with Crippen LogP contribution in [0.2, 0.25) is 0 Å². The van der Waals surface area contributed by atoms with Gasteiger partial charge in [0.05, 0.1) is 11.4 Å². The molecule has 0 bridgehead atoms. The van der Waals surface area contributed by atoms with Crippen LogP contribution in [0.1, 0.15) is 18.2 Å². The summed E-state index contributed by atoms with van der Waals surface area (Å²) in [6.07, 6.45) is 1.38. The average Bonchev–Trinajstić information content (AvgIpc) is 2.69. The van der Waals surface area contributed by atoms with Crippen LogP contribution in [0.15, 0.2) is 30.6 Å². The van der Waals surface area contributed by atoms with E-state index in [1.165, 1.54) is 6.33 Å². The molecule has 2 heterocycles. The molecule has 0 saturated carbocycles. The first-order valence-electron chi connectivity index (χ1n) is 8.71. The molecule has 6 N–H and O–H groups in total. The van der Waals surface area contributed by atoms with Crippen molar-refractivity contribution in [3.8, 4) is 5.75 Å². The predicted octanol–water partition coefficient (Wildman–Crippen LogP) is 0.611. The lowest BCUT2D eigenvalue weighted by molar-refractivity contribution is 0.230. The molecule has 8 heteroatoms. The Morgan fingerprint density at radius 2 is 2.08 bits per heavy atom. The fourth-order valence-corrected chi connectivity index (χ4v) is 2.79. The first-order chi connectivity index (χ1) is 12.6. The molecule has 3 rings (SSSR count). The molecule has 1 aliphatic heterocycles. The molecule has 0 aliphatic carbocycles. The zero-order valence-electron chi connectivity index (χ0n) is 14.9. The fraction of sp³-hybridized carbons (Fsp3) is 0.389. The molecular weight excluding hydrogens is 330 g/mol. The standard InChI is InChI=1S/C18H25N7O/c1-12(10-19)26-13-2-3-15(20)14(8-13)18(21)16-9-17(24-11-23-16)25-6-4-22-5-7-25/h2-3,8-9,11-12,21-22H,4-7,10,19-20H2,1H3. The Kier molecular flexibility index (Phi) is 5.65. The average molecular weight is 355 g/mol. The van der Waals surface area contributed by atoms with E-state index in [-0.39, 0.29) is 11.8 Å². The van der Waals surface area contributed by atoms with E-state index in [0.717, 1.165) is 32.0 Å². The maximum absolute atomic E-state index is 8.56. The van der Waals surface area contributed by atoms with Gasteiger partial charge in [-0.2, -0.15) is 0 Å². The van der Waals surface area contributed by atoms with Crippen molar-refractivity contribution in [1.82, 2.24) is 15.3 Å². The normalized spacial score (nSPS) is 15.5. The molecular formula is C18H25N7O. The van der Waals surface area contributed by atoms with Crippen LogP contribution in [0.5, 0.6) is 5.75 Å². The van der Waals surface area contributed by atoms with Crippen LogP contribution in [0.25, 0.3) is 0 Å². The summed E-state index contributed by atoms with van der Waals surface area (Å²) in [4.78, 5) is 10.8. The maximum Gasteiger partial charge on any atom is 0.132 e. The molecule has 1 saturated heterocycles. The highest BCUT2D eigenvalue weighted by molar-refractivity contribution is 6.13. The second-order valence-corrected chi connectivity index (χ2v) is 6.29. The van der Waals surface area contributed by atoms with Crippen LogP contribution in [0.3, 0.4) is 0 Å². The first-order valence-corrected chi connectivity index (χ1v) is 8.71. The Balaban J connectivity index is 1.85. The number of hydrogen-bond donors (Lipinski definition) is 4. The van der Waals surface area contributed by atoms with Gasteiger partial charge in [-0.1, -0.05) is 0 Å². The maximum atomic E-state index is 8.56. The van der Waals surface area contributed by atoms with Crippen LogP contribution in [-0.2, 0) is 0 Å². The van der Waals surface area contributed by atoms with Gasteiger partial charge < -0.3 is 26.4 Å². The highest BCUT2D eigenvalue weighted by atomic mass is 16.5. The minimum absolute atomic E-state index is 0.112. The minimum atomic E-state index is -0.112. The summed E-state index contributed by atoms with van der Waals surface area (Å²) in [6, 6.07) is 7.12. The predicted molar refractivity (Wildman–Crippen MR) is 103 cm³/mol. The van der Waals surface area contributed by atoms with Gasteiger partial charge in [0.15, 0.2) is 0 Å². The second-order valence-electron chi connectivity index (χ2n) is 6.29. The van der Waals surface area contributed by atoms with Gasteiger partial charge in [0, 0.05) is 50.0 Å². The summed E-state index contributed by atoms with van der Waals surface area (Å²) in [6.45, 7) is 5.91. The molecule has 138 valence electrons. The van der Waals surface area contributed by atoms with Crippen molar-refractivity contribution in [3.63, 3.8) is 0 Å². The SMILES string of the molecule is CC(CN)Oc1ccc(N)c(C(=N)c2cc(N3CCNCC3)ncn2)c1. The van der Waals surface area contributed by atoms with Crippen LogP contribution < -0.4 is 26.4 Å². The van der Waals surface area contributed by atoms with Gasteiger partial charge in [-0.25, -0.2) is 9.97 Å². The van der Waals surface area contributed by atoms with Gasteiger partial charge in [0.25, 0.3) is 0 Å². The molecule has 0 amide bonds. The molecule has 0 radical (unpaired) electrons. The molecule has 26 heavy (non-hydrogen) atoms. The molecule has 1 aliphatic rings. The molecule has 0 spiro atoms. The van der Waals surface area contributed by atoms with E-state index < -0.39 is 0 Å². The quantitative estimate of drug-likeness (QED) is 0.442. The number of anilines is 2. The Morgan fingerprint density at radius 1 is 1.31 bits per heavy atom. The van der Waals surface area contributed by atoms with Gasteiger partial charge >= 0.3 is 0 Å². The zero-order chi connectivity index (χ0) is 18.5. The Labute approximate surface area is 153 Å². The number of aromatic nitrogens is 2. The number of nitrogens with zero attached hydrogens (tertiary/aromatic N) is 3. The lowest BCUT2D eigenvalue weighted by Gasteiger charge is -2.28. The third-order valence-corrected chi connectivity index (χ3v) is 4.31. The number of rotatable bonds is 6. The van der Waals surface area contributed by atoms with Gasteiger partial charge in [0.1, 0.15) is 24.0 Å². The molecule has 1 atom stereocenters. The highest BCUT2D eigenvalue weighted by Crippen LogP contribution is 2.24. The highest BCUT2D eigenvalue weighted by Gasteiger charge is 2.16. The summed E-state index contributed by atoms with van der Waals surface area (Å²) in [7, 11) is 0. The van der Waals surface area contributed by atoms with E-state index in [4.69, 9.17) is 21.6 Å². The molecule has 1 aromatic heterocycles. The zero-order valence-corrected chi connectivity index (χ0v) is 14.9. The number of hydrogen-bond acceptors (Lipinski definition) is 8. The summed E-state index contributed by atoms with van der Waals surface area (Å²) < 4.78 is 5.74. The number of ether oxygens (including phenoxy) is 1. The van der Waals surface area contributed by atoms with Crippen molar-refractivity contribution in [3.05, 3.63) is 41.9 Å². The topological polar surface area (TPSA) is 126 Å². The summed E-state index contributed by atoms with van der Waals surface area (Å²) in [5.41, 5.74) is 13.6. The van der Waals surface area contributed by atoms with E-state index in [1.807, 2.05) is 13.0 Å². The van der Waals surface area contributed by atoms with E-state index in [2.05, 4.69) is 20.2 Å². The van der Waals surface area contributed by atoms with E-state index >= 15 is 0 Å². The molecule has 1 fully saturated rings. The largest absolute Gasteiger partial charge is 0.489 e. The summed E-state index contributed by atoms with van der Waals surface area (Å²) in [5.74, 6) is 1.46. The van der Waals surface area contributed by atoms with E-state index in [1.54, 1.807) is 18.2 Å². The summed E-state index contributed by atoms with van der Waals surface area (Å²) in [5, 5.41) is 11.9. The number of nitrogens with two attached hydrogens (primary N) is 2. The monoisotopic (exact) mass is 355 g/mol. The van der Waals surface area contributed by atoms with Gasteiger partial charge in [-0.05, 0) is 25.1 Å². The molecule has 2 aromatic rings. The Morgan fingerprint density at radius 3 is 2.81 bits per heavy atom. The van der Waals surface area contributed by atoms with Crippen molar-refractivity contribution in [2.45, 2.75) is 13.0 Å². The Bertz CT molecular complexity index is 774. The number of nitrogens with one attached hydrogen (secondary N) is 2. The lowest BCUT2D eigenvalue weighted by Crippen LogP contribution is -2.44. The minimum Gasteiger partial charge on any atom is -0.489 e. The number of benzene rings is 1. The Hall–Kier alpha value is -2.71. The van der Waals surface area contributed by atoms with Gasteiger partial charge in [-0.3, -0.25) is 5.41 Å². The van der Waals surface area contributed by atoms with E-state index in [9.17, 15) is 0 Å². The van der Waals surface area contributed by atoms with Crippen LogP contribution in [-0.4, -0.2) is 54.5 Å². The smallest absolute Gasteiger partial charge is 0.132 e. The fourth-order valence-electron chi connectivity index (χ4n) is 2.79. The number of piperazine rings is 1. The number of nitrogen functional groups attached to an aromatic ring is 1. The van der Waals surface area contributed by atoms with Gasteiger partial charge in [-0.15, -0.1) is 0 Å². The van der Waals surface area contributed by atoms with Crippen LogP contribution in [0, 0.1) is 5.41 Å².